The van der Waals surface area contributed by atoms with Gasteiger partial charge in [0.2, 0.25) is 0 Å². The minimum Gasteiger partial charge on any atom is -0.482 e. The zero-order valence-electron chi connectivity index (χ0n) is 14.4. The number of benzene rings is 2. The summed E-state index contributed by atoms with van der Waals surface area (Å²) in [5, 5.41) is 0.475. The Morgan fingerprint density at radius 1 is 1.04 bits per heavy atom. The molecule has 0 saturated carbocycles. The highest BCUT2D eigenvalue weighted by molar-refractivity contribution is 6.32. The van der Waals surface area contributed by atoms with Crippen molar-refractivity contribution in [3.8, 4) is 5.75 Å². The maximum atomic E-state index is 12.8. The molecule has 0 atom stereocenters. The molecule has 0 radical (unpaired) electrons. The Morgan fingerprint density at radius 3 is 2.46 bits per heavy atom. The maximum absolute atomic E-state index is 12.8. The van der Waals surface area contributed by atoms with Crippen LogP contribution in [0.15, 0.2) is 72.9 Å². The molecule has 0 aliphatic carbocycles. The Kier molecular flexibility index (Phi) is 5.87. The van der Waals surface area contributed by atoms with Crippen LogP contribution in [0, 0.1) is 6.92 Å². The van der Waals surface area contributed by atoms with Gasteiger partial charge >= 0.3 is 0 Å². The molecular formula is C21H19ClN2O2. The maximum Gasteiger partial charge on any atom is 0.266 e. The highest BCUT2D eigenvalue weighted by atomic mass is 35.5. The number of halogens is 1. The summed E-state index contributed by atoms with van der Waals surface area (Å²) in [6, 6.07) is 20.6. The Morgan fingerprint density at radius 2 is 1.77 bits per heavy atom. The van der Waals surface area contributed by atoms with Crippen LogP contribution < -0.4 is 9.64 Å². The molecule has 0 spiro atoms. The molecular weight excluding hydrogens is 348 g/mol. The normalized spacial score (nSPS) is 10.4. The van der Waals surface area contributed by atoms with Crippen LogP contribution >= 0.6 is 11.6 Å². The van der Waals surface area contributed by atoms with Crippen LogP contribution in [0.1, 0.15) is 11.1 Å². The standard InChI is InChI=1S/C21H19ClN2O2/c1-16-9-11-17(12-10-16)14-24(20-8-4-5-13-23-20)21(25)15-26-19-7-3-2-6-18(19)22/h2-13H,14-15H2,1H3. The lowest BCUT2D eigenvalue weighted by molar-refractivity contribution is -0.120. The predicted molar refractivity (Wildman–Crippen MR) is 104 cm³/mol. The second kappa shape index (κ2) is 8.50. The van der Waals surface area contributed by atoms with E-state index in [0.29, 0.717) is 23.1 Å². The van der Waals surface area contributed by atoms with Gasteiger partial charge in [0.1, 0.15) is 11.6 Å². The largest absolute Gasteiger partial charge is 0.482 e. The van der Waals surface area contributed by atoms with Crippen LogP contribution in [0.25, 0.3) is 0 Å². The van der Waals surface area contributed by atoms with E-state index in [1.54, 1.807) is 23.2 Å². The summed E-state index contributed by atoms with van der Waals surface area (Å²) in [4.78, 5) is 18.7. The van der Waals surface area contributed by atoms with Crippen LogP contribution in [0.5, 0.6) is 5.75 Å². The van der Waals surface area contributed by atoms with Gasteiger partial charge in [0.05, 0.1) is 11.6 Å². The molecule has 0 bridgehead atoms. The predicted octanol–water partition coefficient (Wildman–Crippen LogP) is 4.66. The fourth-order valence-corrected chi connectivity index (χ4v) is 2.66. The highest BCUT2D eigenvalue weighted by Crippen LogP contribution is 2.23. The first kappa shape index (κ1) is 18.0. The molecule has 0 aliphatic heterocycles. The monoisotopic (exact) mass is 366 g/mol. The summed E-state index contributed by atoms with van der Waals surface area (Å²) in [5.41, 5.74) is 2.19. The van der Waals surface area contributed by atoms with Crippen molar-refractivity contribution in [3.05, 3.63) is 89.1 Å². The Balaban J connectivity index is 1.77. The van der Waals surface area contributed by atoms with Crippen molar-refractivity contribution in [2.75, 3.05) is 11.5 Å². The fraction of sp³-hybridized carbons (Fsp3) is 0.143. The van der Waals surface area contributed by atoms with Crippen molar-refractivity contribution in [1.82, 2.24) is 4.98 Å². The van der Waals surface area contributed by atoms with E-state index in [2.05, 4.69) is 4.98 Å². The van der Waals surface area contributed by atoms with E-state index in [9.17, 15) is 4.79 Å². The lowest BCUT2D eigenvalue weighted by atomic mass is 10.1. The summed E-state index contributed by atoms with van der Waals surface area (Å²) < 4.78 is 5.61. The number of rotatable bonds is 6. The molecule has 0 saturated heterocycles. The Bertz CT molecular complexity index is 867. The number of hydrogen-bond acceptors (Lipinski definition) is 3. The van der Waals surface area contributed by atoms with Crippen molar-refractivity contribution < 1.29 is 9.53 Å². The van der Waals surface area contributed by atoms with Crippen molar-refractivity contribution in [3.63, 3.8) is 0 Å². The summed E-state index contributed by atoms with van der Waals surface area (Å²) in [7, 11) is 0. The van der Waals surface area contributed by atoms with E-state index in [1.807, 2.05) is 61.5 Å². The molecule has 3 rings (SSSR count). The molecule has 132 valence electrons. The zero-order chi connectivity index (χ0) is 18.4. The second-order valence-corrected chi connectivity index (χ2v) is 6.28. The minimum absolute atomic E-state index is 0.119. The summed E-state index contributed by atoms with van der Waals surface area (Å²) in [5.74, 6) is 0.879. The van der Waals surface area contributed by atoms with Crippen LogP contribution in [0.4, 0.5) is 5.82 Å². The third-order valence-electron chi connectivity index (χ3n) is 3.88. The van der Waals surface area contributed by atoms with Gasteiger partial charge in [0, 0.05) is 6.20 Å². The Hall–Kier alpha value is -2.85. The first-order valence-corrected chi connectivity index (χ1v) is 8.65. The summed E-state index contributed by atoms with van der Waals surface area (Å²) in [6.07, 6.45) is 1.67. The van der Waals surface area contributed by atoms with Gasteiger partial charge < -0.3 is 4.74 Å². The molecule has 3 aromatic rings. The second-order valence-electron chi connectivity index (χ2n) is 5.87. The molecule has 2 aromatic carbocycles. The van der Waals surface area contributed by atoms with Gasteiger partial charge in [-0.05, 0) is 36.8 Å². The van der Waals surface area contributed by atoms with Gasteiger partial charge in [0.15, 0.2) is 6.61 Å². The first-order chi connectivity index (χ1) is 12.6. The van der Waals surface area contributed by atoms with E-state index in [4.69, 9.17) is 16.3 Å². The number of anilines is 1. The number of nitrogens with zero attached hydrogens (tertiary/aromatic N) is 2. The third-order valence-corrected chi connectivity index (χ3v) is 4.19. The summed E-state index contributed by atoms with van der Waals surface area (Å²) in [6.45, 7) is 2.33. The van der Waals surface area contributed by atoms with Crippen LogP contribution in [-0.2, 0) is 11.3 Å². The Labute approximate surface area is 158 Å². The molecule has 0 aliphatic rings. The number of pyridine rings is 1. The van der Waals surface area contributed by atoms with Crippen molar-refractivity contribution >= 4 is 23.3 Å². The first-order valence-electron chi connectivity index (χ1n) is 8.28. The number of hydrogen-bond donors (Lipinski definition) is 0. The molecule has 1 amide bonds. The average molecular weight is 367 g/mol. The van der Waals surface area contributed by atoms with Gasteiger partial charge in [-0.2, -0.15) is 0 Å². The number of aromatic nitrogens is 1. The van der Waals surface area contributed by atoms with Crippen LogP contribution in [0.2, 0.25) is 5.02 Å². The molecule has 0 N–H and O–H groups in total. The SMILES string of the molecule is Cc1ccc(CN(C(=O)COc2ccccc2Cl)c2ccccn2)cc1. The molecule has 0 unspecified atom stereocenters. The van der Waals surface area contributed by atoms with E-state index in [1.165, 1.54) is 5.56 Å². The highest BCUT2D eigenvalue weighted by Gasteiger charge is 2.18. The number of para-hydroxylation sites is 1. The number of aryl methyl sites for hydroxylation is 1. The lowest BCUT2D eigenvalue weighted by Gasteiger charge is -2.22. The van der Waals surface area contributed by atoms with Gasteiger partial charge in [-0.3, -0.25) is 9.69 Å². The zero-order valence-corrected chi connectivity index (χ0v) is 15.2. The van der Waals surface area contributed by atoms with Crippen molar-refractivity contribution in [1.29, 1.82) is 0 Å². The topological polar surface area (TPSA) is 42.4 Å². The van der Waals surface area contributed by atoms with Gasteiger partial charge in [-0.1, -0.05) is 59.6 Å². The van der Waals surface area contributed by atoms with Gasteiger partial charge in [0.25, 0.3) is 5.91 Å². The smallest absolute Gasteiger partial charge is 0.266 e. The minimum atomic E-state index is -0.191. The molecule has 1 heterocycles. The molecule has 26 heavy (non-hydrogen) atoms. The van der Waals surface area contributed by atoms with Crippen LogP contribution in [0.3, 0.4) is 0 Å². The molecule has 0 fully saturated rings. The van der Waals surface area contributed by atoms with E-state index in [0.717, 1.165) is 5.56 Å². The number of carbonyl (C=O) groups is 1. The van der Waals surface area contributed by atoms with Crippen molar-refractivity contribution in [2.24, 2.45) is 0 Å². The summed E-state index contributed by atoms with van der Waals surface area (Å²) >= 11 is 6.09. The molecule has 5 heteroatoms. The van der Waals surface area contributed by atoms with Crippen molar-refractivity contribution in [2.45, 2.75) is 13.5 Å². The number of amides is 1. The number of ether oxygens (including phenoxy) is 1. The third kappa shape index (κ3) is 4.61. The van der Waals surface area contributed by atoms with Gasteiger partial charge in [-0.25, -0.2) is 4.98 Å². The van der Waals surface area contributed by atoms with E-state index in [-0.39, 0.29) is 12.5 Å². The molecule has 4 nitrogen and oxygen atoms in total. The number of carbonyl (C=O) groups excluding carboxylic acids is 1. The van der Waals surface area contributed by atoms with Gasteiger partial charge in [-0.15, -0.1) is 0 Å². The van der Waals surface area contributed by atoms with Crippen LogP contribution in [-0.4, -0.2) is 17.5 Å². The van der Waals surface area contributed by atoms with E-state index >= 15 is 0 Å². The fourth-order valence-electron chi connectivity index (χ4n) is 2.47. The quantitative estimate of drug-likeness (QED) is 0.637. The average Bonchev–Trinajstić information content (AvgIpc) is 2.67. The van der Waals surface area contributed by atoms with E-state index < -0.39 is 0 Å². The lowest BCUT2D eigenvalue weighted by Crippen LogP contribution is -2.35. The molecule has 1 aromatic heterocycles.